The van der Waals surface area contributed by atoms with Crippen LogP contribution < -0.4 is 10.1 Å². The predicted molar refractivity (Wildman–Crippen MR) is 113 cm³/mol. The largest absolute Gasteiger partial charge is 0.497 e. The third-order valence-electron chi connectivity index (χ3n) is 4.77. The van der Waals surface area contributed by atoms with Gasteiger partial charge >= 0.3 is 0 Å². The van der Waals surface area contributed by atoms with Gasteiger partial charge in [-0.25, -0.2) is 13.4 Å². The van der Waals surface area contributed by atoms with Crippen molar-refractivity contribution in [2.24, 2.45) is 0 Å². The van der Waals surface area contributed by atoms with Gasteiger partial charge in [-0.2, -0.15) is 4.31 Å². The summed E-state index contributed by atoms with van der Waals surface area (Å²) >= 11 is 7.44. The molecule has 3 aromatic rings. The summed E-state index contributed by atoms with van der Waals surface area (Å²) in [5.74, 6) is 0.170. The van der Waals surface area contributed by atoms with Crippen LogP contribution >= 0.6 is 22.9 Å². The van der Waals surface area contributed by atoms with Gasteiger partial charge in [0, 0.05) is 6.54 Å². The average Bonchev–Trinajstić information content (AvgIpc) is 3.36. The van der Waals surface area contributed by atoms with Gasteiger partial charge in [-0.1, -0.05) is 29.0 Å². The number of thiazole rings is 1. The van der Waals surface area contributed by atoms with Crippen LogP contribution in [0.25, 0.3) is 10.2 Å². The number of nitrogens with one attached hydrogen (secondary N) is 1. The number of para-hydroxylation sites is 1. The summed E-state index contributed by atoms with van der Waals surface area (Å²) in [4.78, 5) is 17.4. The molecule has 0 bridgehead atoms. The monoisotopic (exact) mass is 451 g/mol. The van der Waals surface area contributed by atoms with Crippen molar-refractivity contribution >= 4 is 54.2 Å². The van der Waals surface area contributed by atoms with Gasteiger partial charge in [0.1, 0.15) is 17.3 Å². The van der Waals surface area contributed by atoms with E-state index in [0.717, 1.165) is 4.70 Å². The van der Waals surface area contributed by atoms with Crippen molar-refractivity contribution in [1.82, 2.24) is 9.29 Å². The Balaban J connectivity index is 1.56. The lowest BCUT2D eigenvalue weighted by Crippen LogP contribution is -2.43. The molecule has 2 aromatic carbocycles. The van der Waals surface area contributed by atoms with Crippen molar-refractivity contribution < 1.29 is 17.9 Å². The van der Waals surface area contributed by atoms with Gasteiger partial charge < -0.3 is 10.1 Å². The Morgan fingerprint density at radius 3 is 2.72 bits per heavy atom. The summed E-state index contributed by atoms with van der Waals surface area (Å²) in [7, 11) is -2.29. The Bertz CT molecular complexity index is 1160. The predicted octanol–water partition coefficient (Wildman–Crippen LogP) is 3.75. The maximum Gasteiger partial charge on any atom is 0.244 e. The van der Waals surface area contributed by atoms with E-state index in [-0.39, 0.29) is 11.4 Å². The number of carbonyl (C=O) groups is 1. The lowest BCUT2D eigenvalue weighted by Gasteiger charge is -2.23. The minimum absolute atomic E-state index is 0.129. The molecule has 2 heterocycles. The first-order valence-corrected chi connectivity index (χ1v) is 11.6. The van der Waals surface area contributed by atoms with E-state index < -0.39 is 22.0 Å². The first-order valence-electron chi connectivity index (χ1n) is 8.92. The Morgan fingerprint density at radius 1 is 1.28 bits per heavy atom. The molecule has 152 valence electrons. The molecule has 1 aromatic heterocycles. The Hall–Kier alpha value is -2.20. The van der Waals surface area contributed by atoms with E-state index in [4.69, 9.17) is 16.3 Å². The summed E-state index contributed by atoms with van der Waals surface area (Å²) in [6, 6.07) is 10.8. The number of hydrogen-bond acceptors (Lipinski definition) is 6. The van der Waals surface area contributed by atoms with Gasteiger partial charge in [-0.05, 0) is 49.2 Å². The number of hydrogen-bond donors (Lipinski definition) is 1. The Morgan fingerprint density at radius 2 is 2.03 bits per heavy atom. The lowest BCUT2D eigenvalue weighted by atomic mass is 10.2. The highest BCUT2D eigenvalue weighted by Gasteiger charge is 2.39. The molecule has 10 heteroatoms. The van der Waals surface area contributed by atoms with Crippen LogP contribution in [0.15, 0.2) is 47.4 Å². The standard InChI is InChI=1S/C19H18ClN3O4S2/c1-27-12-7-9-13(10-8-12)29(25,26)23-11-3-5-15(23)18(24)22-19-21-17-14(20)4-2-6-16(17)28-19/h2,4,6-10,15H,3,5,11H2,1H3,(H,21,22,24). The molecule has 1 atom stereocenters. The van der Waals surface area contributed by atoms with Gasteiger partial charge in [0.2, 0.25) is 15.9 Å². The average molecular weight is 452 g/mol. The van der Waals surface area contributed by atoms with Crippen molar-refractivity contribution in [1.29, 1.82) is 0 Å². The quantitative estimate of drug-likeness (QED) is 0.638. The molecule has 1 aliphatic rings. The van der Waals surface area contributed by atoms with Gasteiger partial charge in [0.15, 0.2) is 5.13 Å². The summed E-state index contributed by atoms with van der Waals surface area (Å²) < 4.78 is 33.3. The molecule has 1 fully saturated rings. The number of carbonyl (C=O) groups excluding carboxylic acids is 1. The number of rotatable bonds is 5. The number of fused-ring (bicyclic) bond motifs is 1. The zero-order valence-corrected chi connectivity index (χ0v) is 17.9. The zero-order chi connectivity index (χ0) is 20.6. The molecular weight excluding hydrogens is 434 g/mol. The van der Waals surface area contributed by atoms with Gasteiger partial charge in [0.05, 0.1) is 21.7 Å². The van der Waals surface area contributed by atoms with Crippen molar-refractivity contribution in [2.45, 2.75) is 23.8 Å². The summed E-state index contributed by atoms with van der Waals surface area (Å²) in [6.07, 6.45) is 1.06. The minimum Gasteiger partial charge on any atom is -0.497 e. The third-order valence-corrected chi connectivity index (χ3v) is 7.94. The number of halogens is 1. The van der Waals surface area contributed by atoms with Crippen molar-refractivity contribution in [3.05, 3.63) is 47.5 Å². The second kappa shape index (κ2) is 7.91. The molecule has 1 aliphatic heterocycles. The fraction of sp³-hybridized carbons (Fsp3) is 0.263. The van der Waals surface area contributed by atoms with Crippen molar-refractivity contribution in [3.8, 4) is 5.75 Å². The molecule has 7 nitrogen and oxygen atoms in total. The number of nitrogens with zero attached hydrogens (tertiary/aromatic N) is 2. The van der Waals surface area contributed by atoms with E-state index in [0.29, 0.717) is 34.3 Å². The van der Waals surface area contributed by atoms with Crippen LogP contribution in [0.5, 0.6) is 5.75 Å². The molecule has 0 saturated carbocycles. The van der Waals surface area contributed by atoms with Crippen LogP contribution in [-0.2, 0) is 14.8 Å². The second-order valence-corrected chi connectivity index (χ2v) is 9.87. The van der Waals surface area contributed by atoms with Crippen LogP contribution in [-0.4, -0.2) is 43.3 Å². The van der Waals surface area contributed by atoms with E-state index in [1.807, 2.05) is 12.1 Å². The van der Waals surface area contributed by atoms with E-state index in [9.17, 15) is 13.2 Å². The van der Waals surface area contributed by atoms with Crippen LogP contribution in [0.3, 0.4) is 0 Å². The molecular formula is C19H18ClN3O4S2. The van der Waals surface area contributed by atoms with E-state index >= 15 is 0 Å². The number of methoxy groups -OCH3 is 1. The molecule has 1 N–H and O–H groups in total. The fourth-order valence-corrected chi connectivity index (χ4v) is 6.16. The van der Waals surface area contributed by atoms with Gasteiger partial charge in [-0.3, -0.25) is 4.79 Å². The molecule has 29 heavy (non-hydrogen) atoms. The molecule has 0 radical (unpaired) electrons. The van der Waals surface area contributed by atoms with Crippen molar-refractivity contribution in [3.63, 3.8) is 0 Å². The molecule has 1 amide bonds. The number of sulfonamides is 1. The van der Waals surface area contributed by atoms with E-state index in [1.54, 1.807) is 18.2 Å². The summed E-state index contributed by atoms with van der Waals surface area (Å²) in [5.41, 5.74) is 0.614. The minimum atomic E-state index is -3.80. The number of benzene rings is 2. The van der Waals surface area contributed by atoms with Crippen LogP contribution in [0.1, 0.15) is 12.8 Å². The molecule has 4 rings (SSSR count). The first kappa shape index (κ1) is 20.1. The molecule has 1 saturated heterocycles. The topological polar surface area (TPSA) is 88.6 Å². The third kappa shape index (κ3) is 3.83. The number of aromatic nitrogens is 1. The number of anilines is 1. The van der Waals surface area contributed by atoms with Crippen molar-refractivity contribution in [2.75, 3.05) is 19.0 Å². The Kier molecular flexibility index (Phi) is 5.48. The summed E-state index contributed by atoms with van der Waals surface area (Å²) in [5, 5.41) is 3.65. The highest BCUT2D eigenvalue weighted by molar-refractivity contribution is 7.89. The second-order valence-electron chi connectivity index (χ2n) is 6.54. The highest BCUT2D eigenvalue weighted by Crippen LogP contribution is 2.32. The molecule has 0 spiro atoms. The SMILES string of the molecule is COc1ccc(S(=O)(=O)N2CCCC2C(=O)Nc2nc3c(Cl)cccc3s2)cc1. The first-order chi connectivity index (χ1) is 13.9. The van der Waals surface area contributed by atoms with Crippen LogP contribution in [0.4, 0.5) is 5.13 Å². The molecule has 0 aliphatic carbocycles. The van der Waals surface area contributed by atoms with Gasteiger partial charge in [0.25, 0.3) is 0 Å². The smallest absolute Gasteiger partial charge is 0.244 e. The Labute approximate surface area is 177 Å². The normalized spacial score (nSPS) is 17.5. The molecule has 1 unspecified atom stereocenters. The lowest BCUT2D eigenvalue weighted by molar-refractivity contribution is -0.119. The number of amides is 1. The fourth-order valence-electron chi connectivity index (χ4n) is 3.33. The highest BCUT2D eigenvalue weighted by atomic mass is 35.5. The summed E-state index contributed by atoms with van der Waals surface area (Å²) in [6.45, 7) is 0.290. The van der Waals surface area contributed by atoms with Crippen LogP contribution in [0, 0.1) is 0 Å². The maximum absolute atomic E-state index is 13.1. The zero-order valence-electron chi connectivity index (χ0n) is 15.5. The van der Waals surface area contributed by atoms with E-state index in [1.165, 1.54) is 34.9 Å². The maximum atomic E-state index is 13.1. The van der Waals surface area contributed by atoms with Crippen LogP contribution in [0.2, 0.25) is 5.02 Å². The van der Waals surface area contributed by atoms with Gasteiger partial charge in [-0.15, -0.1) is 0 Å². The van der Waals surface area contributed by atoms with E-state index in [2.05, 4.69) is 10.3 Å². The number of ether oxygens (including phenoxy) is 1.